The van der Waals surface area contributed by atoms with Gasteiger partial charge in [0.05, 0.1) is 22.5 Å². The molecule has 6 atom stereocenters. The first-order chi connectivity index (χ1) is 23.0. The van der Waals surface area contributed by atoms with E-state index in [1.807, 2.05) is 0 Å². The van der Waals surface area contributed by atoms with E-state index in [0.29, 0.717) is 16.6 Å². The zero-order chi connectivity index (χ0) is 35.4. The number of nitrogens with zero attached hydrogens (tertiary/aromatic N) is 4. The molecule has 0 bridgehead atoms. The summed E-state index contributed by atoms with van der Waals surface area (Å²) in [5.74, 6) is -9.41. The van der Waals surface area contributed by atoms with Crippen molar-refractivity contribution in [2.24, 2.45) is 17.8 Å². The number of halogens is 7. The van der Waals surface area contributed by atoms with Gasteiger partial charge in [0.25, 0.3) is 23.6 Å². The summed E-state index contributed by atoms with van der Waals surface area (Å²) in [4.78, 5) is 56.6. The molecule has 2 aromatic carbocycles. The van der Waals surface area contributed by atoms with Gasteiger partial charge in [-0.05, 0) is 61.2 Å². The molecule has 2 aliphatic carbocycles. The number of aromatic nitrogens is 1. The topological polar surface area (TPSA) is 111 Å². The van der Waals surface area contributed by atoms with Crippen LogP contribution in [0.25, 0.3) is 0 Å². The molecule has 0 spiro atoms. The fraction of sp³-hybridized carbons (Fsp3) is 0.303. The first kappa shape index (κ1) is 33.3. The number of anilines is 2. The van der Waals surface area contributed by atoms with Gasteiger partial charge in [-0.1, -0.05) is 41.4 Å². The molecular weight excluding hydrogens is 715 g/mol. The van der Waals surface area contributed by atoms with Gasteiger partial charge in [-0.2, -0.15) is 18.2 Å². The predicted octanol–water partition coefficient (Wildman–Crippen LogP) is 6.21. The summed E-state index contributed by atoms with van der Waals surface area (Å²) in [6.45, 7) is 0. The van der Waals surface area contributed by atoms with Gasteiger partial charge in [0, 0.05) is 18.5 Å². The summed E-state index contributed by atoms with van der Waals surface area (Å²) in [6, 6.07) is 12.1. The Morgan fingerprint density at radius 1 is 0.939 bits per heavy atom. The van der Waals surface area contributed by atoms with Gasteiger partial charge in [-0.15, -0.1) is 23.2 Å². The number of imide groups is 2. The Morgan fingerprint density at radius 2 is 1.61 bits per heavy atom. The maximum absolute atomic E-state index is 14.4. The van der Waals surface area contributed by atoms with Crippen LogP contribution in [0.2, 0.25) is 5.02 Å². The van der Waals surface area contributed by atoms with Crippen LogP contribution in [-0.4, -0.2) is 55.5 Å². The second-order valence-corrected chi connectivity index (χ2v) is 14.0. The molecule has 1 aromatic heterocycles. The molecule has 4 amide bonds. The van der Waals surface area contributed by atoms with E-state index in [2.05, 4.69) is 4.98 Å². The number of hydrogen-bond donors (Lipinski definition) is 1. The summed E-state index contributed by atoms with van der Waals surface area (Å²) < 4.78 is 54.4. The zero-order valence-electron chi connectivity index (χ0n) is 25.1. The number of hydrogen-bond acceptors (Lipinski definition) is 7. The van der Waals surface area contributed by atoms with Crippen molar-refractivity contribution >= 4 is 69.9 Å². The summed E-state index contributed by atoms with van der Waals surface area (Å²) in [5.41, 5.74) is -0.807. The van der Waals surface area contributed by atoms with Crippen LogP contribution in [0, 0.1) is 23.6 Å². The normalized spacial score (nSPS) is 29.5. The Hall–Kier alpha value is -4.20. The van der Waals surface area contributed by atoms with Crippen molar-refractivity contribution in [2.75, 3.05) is 17.0 Å². The molecule has 9 nitrogen and oxygen atoms in total. The lowest BCUT2D eigenvalue weighted by molar-refractivity contribution is -0.141. The number of fused-ring (bicyclic) bond motifs is 4. The number of hydrazine groups is 1. The molecule has 3 fully saturated rings. The van der Waals surface area contributed by atoms with Gasteiger partial charge in [0.15, 0.2) is 15.6 Å². The van der Waals surface area contributed by atoms with E-state index in [1.165, 1.54) is 37.4 Å². The van der Waals surface area contributed by atoms with E-state index >= 15 is 0 Å². The summed E-state index contributed by atoms with van der Waals surface area (Å²) in [6.07, 6.45) is -3.67. The van der Waals surface area contributed by atoms with Crippen LogP contribution in [0.15, 0.2) is 72.3 Å². The van der Waals surface area contributed by atoms with Gasteiger partial charge >= 0.3 is 6.18 Å². The lowest BCUT2D eigenvalue weighted by Crippen LogP contribution is -2.60. The Balaban J connectivity index is 1.35. The molecule has 254 valence electrons. The Morgan fingerprint density at radius 3 is 2.27 bits per heavy atom. The number of allylic oxidation sites excluding steroid dienone is 2. The molecule has 4 aliphatic rings. The van der Waals surface area contributed by atoms with E-state index in [1.54, 1.807) is 12.1 Å². The average molecular weight is 738 g/mol. The molecule has 1 saturated carbocycles. The van der Waals surface area contributed by atoms with Crippen LogP contribution in [0.3, 0.4) is 0 Å². The summed E-state index contributed by atoms with van der Waals surface area (Å²) >= 11 is 20.7. The number of pyridine rings is 1. The van der Waals surface area contributed by atoms with E-state index < -0.39 is 87.0 Å². The fourth-order valence-electron chi connectivity index (χ4n) is 7.67. The minimum absolute atomic E-state index is 0.0119. The number of carbonyl (C=O) groups excluding carboxylic acids is 4. The van der Waals surface area contributed by atoms with Crippen LogP contribution in [0.4, 0.5) is 29.1 Å². The van der Waals surface area contributed by atoms with Crippen LogP contribution in [0.5, 0.6) is 5.75 Å². The lowest BCUT2D eigenvalue weighted by Gasteiger charge is -2.50. The highest BCUT2D eigenvalue weighted by atomic mass is 35.5. The van der Waals surface area contributed by atoms with E-state index in [-0.39, 0.29) is 28.4 Å². The monoisotopic (exact) mass is 736 g/mol. The standard InChI is InChI=1S/C33H23Cl3F4N4O5/c1-42(26-21(34)12-13-23(41-26)33(38,39)40)44-27(46)19-11-10-17-20(24(19)28(44)47)14-31(35)29(48)43(16-8-6-15(37)7-9-16)30(49)32(31,36)25(17)18-4-2-3-5-22(18)45/h2-10,12-13,19-20,24-25,45H,11,14H2,1H3. The lowest BCUT2D eigenvalue weighted by atomic mass is 9.56. The molecule has 3 aromatic rings. The molecule has 2 saturated heterocycles. The average Bonchev–Trinajstić information content (AvgIpc) is 3.39. The van der Waals surface area contributed by atoms with Gasteiger partial charge in [-0.25, -0.2) is 14.3 Å². The third kappa shape index (κ3) is 4.61. The van der Waals surface area contributed by atoms with E-state index in [0.717, 1.165) is 28.1 Å². The zero-order valence-corrected chi connectivity index (χ0v) is 27.4. The molecular formula is C33H23Cl3F4N4O5. The molecule has 49 heavy (non-hydrogen) atoms. The summed E-state index contributed by atoms with van der Waals surface area (Å²) in [5, 5.41) is 12.3. The third-order valence-corrected chi connectivity index (χ3v) is 11.6. The first-order valence-corrected chi connectivity index (χ1v) is 16.0. The molecule has 0 radical (unpaired) electrons. The van der Waals surface area contributed by atoms with Gasteiger partial charge in [-0.3, -0.25) is 24.2 Å². The first-order valence-electron chi connectivity index (χ1n) is 14.9. The number of carbonyl (C=O) groups is 4. The highest BCUT2D eigenvalue weighted by Crippen LogP contribution is 2.66. The van der Waals surface area contributed by atoms with Gasteiger partial charge < -0.3 is 5.11 Å². The van der Waals surface area contributed by atoms with Crippen molar-refractivity contribution in [1.29, 1.82) is 0 Å². The van der Waals surface area contributed by atoms with Crippen molar-refractivity contribution in [2.45, 2.75) is 34.7 Å². The number of rotatable bonds is 4. The molecule has 16 heteroatoms. The van der Waals surface area contributed by atoms with Crippen LogP contribution >= 0.6 is 34.8 Å². The van der Waals surface area contributed by atoms with Crippen LogP contribution in [-0.2, 0) is 25.4 Å². The quantitative estimate of drug-likeness (QED) is 0.147. The second kappa shape index (κ2) is 11.2. The van der Waals surface area contributed by atoms with Crippen molar-refractivity contribution in [1.82, 2.24) is 9.99 Å². The number of aromatic hydroxyl groups is 1. The molecule has 7 rings (SSSR count). The number of phenols is 1. The van der Waals surface area contributed by atoms with E-state index in [4.69, 9.17) is 34.8 Å². The Bertz CT molecular complexity index is 2000. The van der Waals surface area contributed by atoms with Crippen molar-refractivity contribution < 1.29 is 41.8 Å². The number of amides is 4. The van der Waals surface area contributed by atoms with Crippen molar-refractivity contribution in [3.8, 4) is 5.75 Å². The second-order valence-electron chi connectivity index (χ2n) is 12.3. The highest BCUT2D eigenvalue weighted by molar-refractivity contribution is 6.58. The van der Waals surface area contributed by atoms with Crippen molar-refractivity contribution in [3.63, 3.8) is 0 Å². The molecule has 1 N–H and O–H groups in total. The van der Waals surface area contributed by atoms with Crippen LogP contribution < -0.4 is 9.91 Å². The number of alkyl halides is 5. The maximum Gasteiger partial charge on any atom is 0.433 e. The molecule has 3 heterocycles. The van der Waals surface area contributed by atoms with E-state index in [9.17, 15) is 41.8 Å². The third-order valence-electron chi connectivity index (χ3n) is 9.84. The van der Waals surface area contributed by atoms with Crippen LogP contribution in [0.1, 0.15) is 30.0 Å². The number of para-hydroxylation sites is 1. The molecule has 2 aliphatic heterocycles. The minimum atomic E-state index is -4.85. The van der Waals surface area contributed by atoms with Gasteiger partial charge in [0.2, 0.25) is 0 Å². The molecule has 6 unspecified atom stereocenters. The predicted molar refractivity (Wildman–Crippen MR) is 169 cm³/mol. The largest absolute Gasteiger partial charge is 0.508 e. The smallest absolute Gasteiger partial charge is 0.433 e. The maximum atomic E-state index is 14.4. The van der Waals surface area contributed by atoms with Gasteiger partial charge in [0.1, 0.15) is 17.3 Å². The Labute approximate surface area is 290 Å². The SMILES string of the molecule is CN(c1nc(C(F)(F)F)ccc1Cl)N1C(=O)C2CC=C3C(CC4(Cl)C(=O)N(c5ccc(F)cc5)C(=O)C4(Cl)C3c3ccccc3O)C2C1=O. The number of phenolic OH excluding ortho intramolecular Hbond substituents is 1. The minimum Gasteiger partial charge on any atom is -0.508 e. The summed E-state index contributed by atoms with van der Waals surface area (Å²) in [7, 11) is 1.17. The number of benzene rings is 2. The highest BCUT2D eigenvalue weighted by Gasteiger charge is 2.77. The fourth-order valence-corrected chi connectivity index (χ4v) is 8.82. The Kier molecular flexibility index (Phi) is 7.58. The van der Waals surface area contributed by atoms with Crippen molar-refractivity contribution in [3.05, 3.63) is 94.4 Å².